The fraction of sp³-hybridized carbons (Fsp3) is 0.588. The van der Waals surface area contributed by atoms with E-state index in [-0.39, 0.29) is 17.9 Å². The summed E-state index contributed by atoms with van der Waals surface area (Å²) in [5.41, 5.74) is 0.801. The van der Waals surface area contributed by atoms with E-state index in [1.54, 1.807) is 0 Å². The molecule has 0 bridgehead atoms. The van der Waals surface area contributed by atoms with E-state index in [0.717, 1.165) is 35.7 Å². The molecule has 0 aromatic heterocycles. The van der Waals surface area contributed by atoms with E-state index in [0.29, 0.717) is 12.6 Å². The summed E-state index contributed by atoms with van der Waals surface area (Å²) in [5.74, 6) is 0.228. The highest BCUT2D eigenvalue weighted by atomic mass is 79.9. The third kappa shape index (κ3) is 2.88. The molecular weight excluding hydrogens is 330 g/mol. The predicted octanol–water partition coefficient (Wildman–Crippen LogP) is 3.24. The lowest BCUT2D eigenvalue weighted by Crippen LogP contribution is -2.46. The maximum Gasteiger partial charge on any atom is 0.233 e. The Morgan fingerprint density at radius 3 is 2.38 bits per heavy atom. The zero-order valence-corrected chi connectivity index (χ0v) is 13.8. The van der Waals surface area contributed by atoms with Crippen LogP contribution in [0, 0.1) is 0 Å². The molecule has 2 fully saturated rings. The molecule has 0 spiro atoms. The van der Waals surface area contributed by atoms with Gasteiger partial charge in [-0.1, -0.05) is 40.9 Å². The molecule has 3 nitrogen and oxygen atoms in total. The van der Waals surface area contributed by atoms with Crippen molar-refractivity contribution in [1.29, 1.82) is 0 Å². The Bertz CT molecular complexity index is 504. The van der Waals surface area contributed by atoms with Crippen molar-refractivity contribution in [2.75, 3.05) is 13.2 Å². The second-order valence-corrected chi connectivity index (χ2v) is 7.17. The number of rotatable bonds is 5. The van der Waals surface area contributed by atoms with E-state index in [1.807, 2.05) is 17.0 Å². The first-order valence-corrected chi connectivity index (χ1v) is 8.65. The van der Waals surface area contributed by atoms with Gasteiger partial charge in [0.15, 0.2) is 0 Å². The fourth-order valence-electron chi connectivity index (χ4n) is 3.57. The van der Waals surface area contributed by atoms with Crippen molar-refractivity contribution < 1.29 is 9.90 Å². The molecule has 3 rings (SSSR count). The number of aliphatic hydroxyl groups excluding tert-OH is 1. The topological polar surface area (TPSA) is 40.5 Å². The van der Waals surface area contributed by atoms with Crippen molar-refractivity contribution in [1.82, 2.24) is 4.90 Å². The second kappa shape index (κ2) is 6.09. The van der Waals surface area contributed by atoms with Gasteiger partial charge in [-0.25, -0.2) is 0 Å². The van der Waals surface area contributed by atoms with Crippen LogP contribution in [0.15, 0.2) is 28.7 Å². The Morgan fingerprint density at radius 2 is 1.86 bits per heavy atom. The van der Waals surface area contributed by atoms with Crippen molar-refractivity contribution in [2.24, 2.45) is 0 Å². The Morgan fingerprint density at radius 1 is 1.24 bits per heavy atom. The summed E-state index contributed by atoms with van der Waals surface area (Å²) in [7, 11) is 0. The van der Waals surface area contributed by atoms with Crippen LogP contribution < -0.4 is 0 Å². The van der Waals surface area contributed by atoms with Gasteiger partial charge in [-0.2, -0.15) is 0 Å². The highest BCUT2D eigenvalue weighted by molar-refractivity contribution is 9.10. The first-order valence-electron chi connectivity index (χ1n) is 7.85. The largest absolute Gasteiger partial charge is 0.395 e. The van der Waals surface area contributed by atoms with Gasteiger partial charge in [-0.15, -0.1) is 0 Å². The summed E-state index contributed by atoms with van der Waals surface area (Å²) in [6.07, 6.45) is 6.44. The standard InChI is InChI=1S/C17H22BrNO2/c18-14-7-5-13(6-8-14)17(9-10-17)16(21)19(11-12-20)15-3-1-2-4-15/h5-8,15,20H,1-4,9-12H2. The van der Waals surface area contributed by atoms with Gasteiger partial charge >= 0.3 is 0 Å². The third-order valence-electron chi connectivity index (χ3n) is 4.92. The van der Waals surface area contributed by atoms with Gasteiger partial charge in [-0.3, -0.25) is 4.79 Å². The molecule has 0 saturated heterocycles. The van der Waals surface area contributed by atoms with Crippen LogP contribution in [-0.4, -0.2) is 35.1 Å². The molecule has 4 heteroatoms. The van der Waals surface area contributed by atoms with Crippen LogP contribution in [0.25, 0.3) is 0 Å². The number of hydrogen-bond donors (Lipinski definition) is 1. The van der Waals surface area contributed by atoms with Gasteiger partial charge < -0.3 is 10.0 Å². The highest BCUT2D eigenvalue weighted by Gasteiger charge is 2.53. The smallest absolute Gasteiger partial charge is 0.233 e. The van der Waals surface area contributed by atoms with E-state index < -0.39 is 0 Å². The zero-order valence-electron chi connectivity index (χ0n) is 12.2. The molecule has 0 atom stereocenters. The minimum atomic E-state index is -0.321. The van der Waals surface area contributed by atoms with E-state index in [9.17, 15) is 9.90 Å². The first kappa shape index (κ1) is 15.0. The van der Waals surface area contributed by atoms with E-state index >= 15 is 0 Å². The molecule has 0 heterocycles. The Kier molecular flexibility index (Phi) is 4.36. The molecule has 1 N–H and O–H groups in total. The average Bonchev–Trinajstić information content (AvgIpc) is 3.13. The SMILES string of the molecule is O=C(N(CCO)C1CCCC1)C1(c2ccc(Br)cc2)CC1. The number of nitrogens with zero attached hydrogens (tertiary/aromatic N) is 1. The molecule has 114 valence electrons. The maximum atomic E-state index is 13.1. The molecule has 0 unspecified atom stereocenters. The summed E-state index contributed by atoms with van der Waals surface area (Å²) >= 11 is 3.45. The lowest BCUT2D eigenvalue weighted by molar-refractivity contribution is -0.136. The normalized spacial score (nSPS) is 20.5. The van der Waals surface area contributed by atoms with Crippen LogP contribution >= 0.6 is 15.9 Å². The number of aliphatic hydroxyl groups is 1. The van der Waals surface area contributed by atoms with Gasteiger partial charge in [0.05, 0.1) is 12.0 Å². The Labute approximate surface area is 134 Å². The Balaban J connectivity index is 1.82. The molecule has 21 heavy (non-hydrogen) atoms. The minimum Gasteiger partial charge on any atom is -0.395 e. The lowest BCUT2D eigenvalue weighted by atomic mass is 9.93. The Hall–Kier alpha value is -0.870. The van der Waals surface area contributed by atoms with Crippen LogP contribution in [-0.2, 0) is 10.2 Å². The number of carbonyl (C=O) groups is 1. The summed E-state index contributed by atoms with van der Waals surface area (Å²) in [6.45, 7) is 0.528. The van der Waals surface area contributed by atoms with Crippen LogP contribution in [0.5, 0.6) is 0 Å². The number of carbonyl (C=O) groups excluding carboxylic acids is 1. The van der Waals surface area contributed by atoms with E-state index in [4.69, 9.17) is 0 Å². The minimum absolute atomic E-state index is 0.0542. The lowest BCUT2D eigenvalue weighted by Gasteiger charge is -2.32. The number of hydrogen-bond acceptors (Lipinski definition) is 2. The summed E-state index contributed by atoms with van der Waals surface area (Å²) in [5, 5.41) is 9.34. The van der Waals surface area contributed by atoms with Gasteiger partial charge in [0.25, 0.3) is 0 Å². The molecule has 2 aliphatic carbocycles. The van der Waals surface area contributed by atoms with E-state index in [2.05, 4.69) is 28.1 Å². The van der Waals surface area contributed by atoms with Crippen LogP contribution in [0.3, 0.4) is 0 Å². The molecule has 2 saturated carbocycles. The molecule has 2 aliphatic rings. The monoisotopic (exact) mass is 351 g/mol. The van der Waals surface area contributed by atoms with E-state index in [1.165, 1.54) is 12.8 Å². The quantitative estimate of drug-likeness (QED) is 0.884. The predicted molar refractivity (Wildman–Crippen MR) is 86.1 cm³/mol. The van der Waals surface area contributed by atoms with Crippen LogP contribution in [0.1, 0.15) is 44.1 Å². The van der Waals surface area contributed by atoms with Crippen molar-refractivity contribution >= 4 is 21.8 Å². The molecule has 0 radical (unpaired) electrons. The van der Waals surface area contributed by atoms with Gasteiger partial charge in [0.2, 0.25) is 5.91 Å². The first-order chi connectivity index (χ1) is 10.2. The van der Waals surface area contributed by atoms with Crippen LogP contribution in [0.4, 0.5) is 0 Å². The fourth-order valence-corrected chi connectivity index (χ4v) is 3.83. The highest BCUT2D eigenvalue weighted by Crippen LogP contribution is 2.50. The zero-order chi connectivity index (χ0) is 14.9. The van der Waals surface area contributed by atoms with Crippen molar-refractivity contribution in [3.63, 3.8) is 0 Å². The molecular formula is C17H22BrNO2. The van der Waals surface area contributed by atoms with Crippen molar-refractivity contribution in [2.45, 2.75) is 50.0 Å². The van der Waals surface area contributed by atoms with Crippen molar-refractivity contribution in [3.8, 4) is 0 Å². The molecule has 0 aliphatic heterocycles. The summed E-state index contributed by atoms with van der Waals surface area (Å²) in [4.78, 5) is 15.1. The second-order valence-electron chi connectivity index (χ2n) is 6.25. The number of amides is 1. The van der Waals surface area contributed by atoms with Gasteiger partial charge in [0.1, 0.15) is 0 Å². The van der Waals surface area contributed by atoms with Crippen LogP contribution in [0.2, 0.25) is 0 Å². The van der Waals surface area contributed by atoms with Crippen molar-refractivity contribution in [3.05, 3.63) is 34.3 Å². The molecule has 1 aromatic carbocycles. The van der Waals surface area contributed by atoms with Gasteiger partial charge in [0, 0.05) is 17.1 Å². The summed E-state index contributed by atoms with van der Waals surface area (Å²) in [6, 6.07) is 8.46. The molecule has 1 amide bonds. The number of halogens is 1. The van der Waals surface area contributed by atoms with Gasteiger partial charge in [-0.05, 0) is 43.4 Å². The third-order valence-corrected chi connectivity index (χ3v) is 5.45. The summed E-state index contributed by atoms with van der Waals surface area (Å²) < 4.78 is 1.04. The maximum absolute atomic E-state index is 13.1. The average molecular weight is 352 g/mol. The number of benzene rings is 1. The molecule has 1 aromatic rings.